The highest BCUT2D eigenvalue weighted by atomic mass is 32.1. The van der Waals surface area contributed by atoms with E-state index in [0.29, 0.717) is 6.54 Å². The van der Waals surface area contributed by atoms with Gasteiger partial charge in [0.05, 0.1) is 5.39 Å². The van der Waals surface area contributed by atoms with Gasteiger partial charge < -0.3 is 10.4 Å². The monoisotopic (exact) mass is 345 g/mol. The second-order valence-corrected chi connectivity index (χ2v) is 8.12. The number of fused-ring (bicyclic) bond motifs is 3. The molecule has 23 heavy (non-hydrogen) atoms. The molecule has 120 valence electrons. The van der Waals surface area contributed by atoms with Gasteiger partial charge in [-0.15, -0.1) is 11.3 Å². The molecule has 0 saturated carbocycles. The molecule has 1 unspecified atom stereocenters. The van der Waals surface area contributed by atoms with E-state index in [1.54, 1.807) is 29.0 Å². The third-order valence-corrected chi connectivity index (χ3v) is 6.38. The fraction of sp³-hybridized carbons (Fsp3) is 0.412. The van der Waals surface area contributed by atoms with Gasteiger partial charge in [0, 0.05) is 11.4 Å². The van der Waals surface area contributed by atoms with Crippen molar-refractivity contribution in [3.63, 3.8) is 0 Å². The van der Waals surface area contributed by atoms with E-state index in [2.05, 4.69) is 15.3 Å². The Bertz CT molecular complexity index is 824. The fourth-order valence-corrected chi connectivity index (χ4v) is 5.16. The predicted octanol–water partition coefficient (Wildman–Crippen LogP) is 3.95. The van der Waals surface area contributed by atoms with Gasteiger partial charge in [-0.25, -0.2) is 9.97 Å². The molecule has 1 aliphatic carbocycles. The topological polar surface area (TPSA) is 58.0 Å². The van der Waals surface area contributed by atoms with Gasteiger partial charge in [0.25, 0.3) is 0 Å². The normalized spacial score (nSPS) is 17.0. The molecule has 0 fully saturated rings. The lowest BCUT2D eigenvalue weighted by Gasteiger charge is -2.23. The Hall–Kier alpha value is -1.50. The number of anilines is 1. The highest BCUT2D eigenvalue weighted by molar-refractivity contribution is 7.19. The number of aliphatic hydroxyl groups is 1. The van der Waals surface area contributed by atoms with Crippen LogP contribution in [0, 0.1) is 0 Å². The molecular weight excluding hydrogens is 326 g/mol. The van der Waals surface area contributed by atoms with Crippen molar-refractivity contribution >= 4 is 38.7 Å². The van der Waals surface area contributed by atoms with E-state index in [1.165, 1.54) is 23.3 Å². The highest BCUT2D eigenvalue weighted by Gasteiger charge is 2.25. The third kappa shape index (κ3) is 2.75. The van der Waals surface area contributed by atoms with Crippen molar-refractivity contribution in [3.05, 3.63) is 39.2 Å². The zero-order chi connectivity index (χ0) is 15.9. The zero-order valence-corrected chi connectivity index (χ0v) is 14.6. The molecule has 2 N–H and O–H groups in total. The van der Waals surface area contributed by atoms with Crippen molar-refractivity contribution in [2.24, 2.45) is 0 Å². The lowest BCUT2D eigenvalue weighted by Crippen LogP contribution is -2.30. The Morgan fingerprint density at radius 3 is 3.00 bits per heavy atom. The number of hydrogen-bond donors (Lipinski definition) is 2. The first-order chi connectivity index (χ1) is 11.1. The van der Waals surface area contributed by atoms with E-state index in [9.17, 15) is 5.11 Å². The van der Waals surface area contributed by atoms with Crippen LogP contribution in [0.3, 0.4) is 0 Å². The van der Waals surface area contributed by atoms with Crippen LogP contribution in [0.15, 0.2) is 23.2 Å². The molecule has 0 aliphatic heterocycles. The van der Waals surface area contributed by atoms with Crippen LogP contribution < -0.4 is 5.32 Å². The number of nitrogens with zero attached hydrogens (tertiary/aromatic N) is 2. The maximum absolute atomic E-state index is 10.7. The summed E-state index contributed by atoms with van der Waals surface area (Å²) in [6.45, 7) is 2.27. The standard InChI is InChI=1S/C17H19N3OS2/c1-17(21,11-6-7-22-8-11)9-18-15-14-12-4-2-3-5-13(12)23-16(14)20-10-19-15/h6-8,10,21H,2-5,9H2,1H3,(H,18,19,20). The molecule has 0 saturated heterocycles. The van der Waals surface area contributed by atoms with Crippen LogP contribution >= 0.6 is 22.7 Å². The molecule has 0 bridgehead atoms. The first-order valence-electron chi connectivity index (χ1n) is 7.89. The molecule has 3 aromatic heterocycles. The Morgan fingerprint density at radius 1 is 1.30 bits per heavy atom. The summed E-state index contributed by atoms with van der Waals surface area (Å²) in [6, 6.07) is 1.97. The summed E-state index contributed by atoms with van der Waals surface area (Å²) in [6.07, 6.45) is 6.38. The van der Waals surface area contributed by atoms with Crippen LogP contribution in [0.5, 0.6) is 0 Å². The molecular formula is C17H19N3OS2. The van der Waals surface area contributed by atoms with E-state index in [1.807, 2.05) is 23.8 Å². The third-order valence-electron chi connectivity index (χ3n) is 4.49. The number of aryl methyl sites for hydroxylation is 2. The summed E-state index contributed by atoms with van der Waals surface area (Å²) in [5.74, 6) is 0.852. The molecule has 3 heterocycles. The Morgan fingerprint density at radius 2 is 2.17 bits per heavy atom. The van der Waals surface area contributed by atoms with Crippen molar-refractivity contribution in [1.82, 2.24) is 9.97 Å². The van der Waals surface area contributed by atoms with Crippen molar-refractivity contribution < 1.29 is 5.11 Å². The molecule has 1 aliphatic rings. The molecule has 0 radical (unpaired) electrons. The minimum atomic E-state index is -0.909. The van der Waals surface area contributed by atoms with Gasteiger partial charge in [0.1, 0.15) is 22.6 Å². The Labute approximate surface area is 143 Å². The lowest BCUT2D eigenvalue weighted by atomic mass is 9.96. The number of rotatable bonds is 4. The summed E-state index contributed by atoms with van der Waals surface area (Å²) >= 11 is 3.39. The molecule has 6 heteroatoms. The van der Waals surface area contributed by atoms with E-state index < -0.39 is 5.60 Å². The van der Waals surface area contributed by atoms with Crippen molar-refractivity contribution in [3.8, 4) is 0 Å². The Balaban J connectivity index is 1.65. The van der Waals surface area contributed by atoms with Crippen molar-refractivity contribution in [2.45, 2.75) is 38.2 Å². The summed E-state index contributed by atoms with van der Waals surface area (Å²) in [5.41, 5.74) is 1.44. The van der Waals surface area contributed by atoms with Crippen molar-refractivity contribution in [1.29, 1.82) is 0 Å². The number of thiophene rings is 2. The lowest BCUT2D eigenvalue weighted by molar-refractivity contribution is 0.0719. The van der Waals surface area contributed by atoms with E-state index in [-0.39, 0.29) is 0 Å². The maximum atomic E-state index is 10.7. The number of nitrogens with one attached hydrogen (secondary N) is 1. The molecule has 3 aromatic rings. The first-order valence-corrected chi connectivity index (χ1v) is 9.65. The zero-order valence-electron chi connectivity index (χ0n) is 13.0. The average Bonchev–Trinajstić information content (AvgIpc) is 3.20. The summed E-state index contributed by atoms with van der Waals surface area (Å²) in [5, 5.41) is 19.2. The smallest absolute Gasteiger partial charge is 0.138 e. The van der Waals surface area contributed by atoms with E-state index >= 15 is 0 Å². The molecule has 4 nitrogen and oxygen atoms in total. The van der Waals surface area contributed by atoms with Gasteiger partial charge in [-0.3, -0.25) is 0 Å². The quantitative estimate of drug-likeness (QED) is 0.752. The van der Waals surface area contributed by atoms with Crippen LogP contribution in [0.2, 0.25) is 0 Å². The van der Waals surface area contributed by atoms with Crippen molar-refractivity contribution in [2.75, 3.05) is 11.9 Å². The van der Waals surface area contributed by atoms with Crippen LogP contribution in [0.25, 0.3) is 10.2 Å². The largest absolute Gasteiger partial charge is 0.384 e. The SMILES string of the molecule is CC(O)(CNc1ncnc2sc3c(c12)CCCC3)c1ccsc1. The Kier molecular flexibility index (Phi) is 3.83. The second kappa shape index (κ2) is 5.85. The van der Waals surface area contributed by atoms with Gasteiger partial charge in [0.15, 0.2) is 0 Å². The van der Waals surface area contributed by atoms with E-state index in [4.69, 9.17) is 0 Å². The highest BCUT2D eigenvalue weighted by Crippen LogP contribution is 2.38. The van der Waals surface area contributed by atoms with Gasteiger partial charge in [-0.05, 0) is 60.6 Å². The number of aromatic nitrogens is 2. The van der Waals surface area contributed by atoms with E-state index in [0.717, 1.165) is 34.4 Å². The maximum Gasteiger partial charge on any atom is 0.138 e. The minimum Gasteiger partial charge on any atom is -0.384 e. The summed E-state index contributed by atoms with van der Waals surface area (Å²) in [7, 11) is 0. The van der Waals surface area contributed by atoms with Crippen LogP contribution in [0.4, 0.5) is 5.82 Å². The molecule has 0 aromatic carbocycles. The van der Waals surface area contributed by atoms with Crippen LogP contribution in [-0.2, 0) is 18.4 Å². The number of hydrogen-bond acceptors (Lipinski definition) is 6. The van der Waals surface area contributed by atoms with Gasteiger partial charge in [0.2, 0.25) is 0 Å². The van der Waals surface area contributed by atoms with Gasteiger partial charge in [-0.1, -0.05) is 0 Å². The summed E-state index contributed by atoms with van der Waals surface area (Å²) < 4.78 is 0. The molecule has 0 amide bonds. The predicted molar refractivity (Wildman–Crippen MR) is 96.4 cm³/mol. The minimum absolute atomic E-state index is 0.431. The van der Waals surface area contributed by atoms with Gasteiger partial charge in [-0.2, -0.15) is 11.3 Å². The first kappa shape index (κ1) is 15.1. The average molecular weight is 345 g/mol. The molecule has 1 atom stereocenters. The molecule has 4 rings (SSSR count). The second-order valence-electron chi connectivity index (χ2n) is 6.25. The van der Waals surface area contributed by atoms with Gasteiger partial charge >= 0.3 is 0 Å². The fourth-order valence-electron chi connectivity index (χ4n) is 3.15. The summed E-state index contributed by atoms with van der Waals surface area (Å²) in [4.78, 5) is 11.4. The van der Waals surface area contributed by atoms with Crippen LogP contribution in [-0.4, -0.2) is 21.6 Å². The van der Waals surface area contributed by atoms with Crippen LogP contribution in [0.1, 0.15) is 35.8 Å². The molecule has 0 spiro atoms.